The highest BCUT2D eigenvalue weighted by Crippen LogP contribution is 2.26. The van der Waals surface area contributed by atoms with Gasteiger partial charge in [-0.25, -0.2) is 8.78 Å². The van der Waals surface area contributed by atoms with Gasteiger partial charge in [0.15, 0.2) is 5.82 Å². The van der Waals surface area contributed by atoms with Crippen molar-refractivity contribution in [3.63, 3.8) is 0 Å². The van der Waals surface area contributed by atoms with E-state index in [0.717, 1.165) is 6.07 Å². The maximum Gasteiger partial charge on any atom is 0.189 e. The van der Waals surface area contributed by atoms with Crippen LogP contribution < -0.4 is 5.73 Å². The summed E-state index contributed by atoms with van der Waals surface area (Å²) in [5.41, 5.74) is 6.55. The summed E-state index contributed by atoms with van der Waals surface area (Å²) in [6, 6.07) is 9.92. The number of tetrazole rings is 1. The van der Waals surface area contributed by atoms with E-state index in [2.05, 4.69) is 15.5 Å². The molecule has 0 aliphatic rings. The summed E-state index contributed by atoms with van der Waals surface area (Å²) in [5, 5.41) is 11.1. The summed E-state index contributed by atoms with van der Waals surface area (Å²) in [6.45, 7) is 0. The van der Waals surface area contributed by atoms with Crippen LogP contribution in [-0.4, -0.2) is 20.2 Å². The smallest absolute Gasteiger partial charge is 0.189 e. The number of nitrogen functional groups attached to an aromatic ring is 1. The van der Waals surface area contributed by atoms with Crippen molar-refractivity contribution in [3.8, 4) is 17.1 Å². The molecule has 20 heavy (non-hydrogen) atoms. The van der Waals surface area contributed by atoms with E-state index in [1.807, 2.05) is 0 Å². The first-order valence-corrected chi connectivity index (χ1v) is 5.75. The number of nitrogens with two attached hydrogens (primary N) is 1. The second kappa shape index (κ2) is 4.69. The molecule has 2 aromatic carbocycles. The minimum atomic E-state index is -0.471. The highest BCUT2D eigenvalue weighted by molar-refractivity contribution is 5.72. The zero-order valence-corrected chi connectivity index (χ0v) is 10.2. The van der Waals surface area contributed by atoms with Gasteiger partial charge in [0.05, 0.1) is 0 Å². The van der Waals surface area contributed by atoms with Crippen LogP contribution in [0.1, 0.15) is 0 Å². The highest BCUT2D eigenvalue weighted by Gasteiger charge is 2.16. The van der Waals surface area contributed by atoms with Crippen LogP contribution >= 0.6 is 0 Å². The van der Waals surface area contributed by atoms with Crippen molar-refractivity contribution in [3.05, 3.63) is 54.1 Å². The van der Waals surface area contributed by atoms with Gasteiger partial charge in [0.1, 0.15) is 17.3 Å². The second-order valence-electron chi connectivity index (χ2n) is 4.10. The van der Waals surface area contributed by atoms with Crippen LogP contribution in [0.25, 0.3) is 17.1 Å². The Morgan fingerprint density at radius 3 is 2.60 bits per heavy atom. The number of rotatable bonds is 2. The molecule has 0 saturated heterocycles. The van der Waals surface area contributed by atoms with Crippen molar-refractivity contribution in [2.45, 2.75) is 0 Å². The van der Waals surface area contributed by atoms with Gasteiger partial charge in [-0.1, -0.05) is 12.1 Å². The van der Waals surface area contributed by atoms with E-state index < -0.39 is 11.6 Å². The molecule has 1 heterocycles. The quantitative estimate of drug-likeness (QED) is 0.727. The first-order chi connectivity index (χ1) is 9.66. The third kappa shape index (κ3) is 1.99. The molecule has 3 rings (SSSR count). The minimum absolute atomic E-state index is 0.178. The lowest BCUT2D eigenvalue weighted by Gasteiger charge is -2.07. The standard InChI is InChI=1S/C13H9F2N5/c14-8-5-6-9(11(16)7-8)13-17-18-19-20(13)12-4-2-1-3-10(12)15/h1-7H,16H2. The monoisotopic (exact) mass is 273 g/mol. The van der Waals surface area contributed by atoms with E-state index in [1.165, 1.54) is 28.9 Å². The largest absolute Gasteiger partial charge is 0.398 e. The summed E-state index contributed by atoms with van der Waals surface area (Å²) in [5.74, 6) is -0.689. The van der Waals surface area contributed by atoms with Gasteiger partial charge >= 0.3 is 0 Å². The van der Waals surface area contributed by atoms with Crippen LogP contribution in [-0.2, 0) is 0 Å². The Morgan fingerprint density at radius 2 is 1.85 bits per heavy atom. The number of anilines is 1. The average molecular weight is 273 g/mol. The molecule has 3 aromatic rings. The minimum Gasteiger partial charge on any atom is -0.398 e. The molecule has 0 bridgehead atoms. The summed E-state index contributed by atoms with van der Waals surface area (Å²) >= 11 is 0. The Labute approximate surface area is 112 Å². The molecule has 0 saturated carbocycles. The van der Waals surface area contributed by atoms with Gasteiger partial charge in [-0.05, 0) is 40.8 Å². The molecular weight excluding hydrogens is 264 g/mol. The van der Waals surface area contributed by atoms with E-state index in [-0.39, 0.29) is 17.2 Å². The first-order valence-electron chi connectivity index (χ1n) is 5.75. The summed E-state index contributed by atoms with van der Waals surface area (Å²) in [6.07, 6.45) is 0. The number of hydrogen-bond donors (Lipinski definition) is 1. The Hall–Kier alpha value is -2.83. The molecule has 0 unspecified atom stereocenters. The van der Waals surface area contributed by atoms with Gasteiger partial charge in [-0.15, -0.1) is 5.10 Å². The Morgan fingerprint density at radius 1 is 1.05 bits per heavy atom. The SMILES string of the molecule is Nc1cc(F)ccc1-c1nnnn1-c1ccccc1F. The summed E-state index contributed by atoms with van der Waals surface area (Å²) in [4.78, 5) is 0. The van der Waals surface area contributed by atoms with Crippen molar-refractivity contribution in [1.82, 2.24) is 20.2 Å². The molecule has 0 fully saturated rings. The second-order valence-corrected chi connectivity index (χ2v) is 4.10. The number of hydrogen-bond acceptors (Lipinski definition) is 4. The molecule has 0 aliphatic carbocycles. The number of aromatic nitrogens is 4. The van der Waals surface area contributed by atoms with E-state index >= 15 is 0 Å². The number of nitrogens with zero attached hydrogens (tertiary/aromatic N) is 4. The molecule has 1 aromatic heterocycles. The molecule has 0 aliphatic heterocycles. The molecule has 5 nitrogen and oxygen atoms in total. The Kier molecular flexibility index (Phi) is 2.86. The van der Waals surface area contributed by atoms with Gasteiger partial charge in [0.2, 0.25) is 0 Å². The van der Waals surface area contributed by atoms with Crippen LogP contribution in [0.15, 0.2) is 42.5 Å². The number of para-hydroxylation sites is 1. The van der Waals surface area contributed by atoms with E-state index in [9.17, 15) is 8.78 Å². The van der Waals surface area contributed by atoms with Crippen molar-refractivity contribution < 1.29 is 8.78 Å². The Balaban J connectivity index is 2.18. The average Bonchev–Trinajstić information content (AvgIpc) is 2.88. The lowest BCUT2D eigenvalue weighted by Crippen LogP contribution is -2.04. The van der Waals surface area contributed by atoms with Crippen molar-refractivity contribution in [1.29, 1.82) is 0 Å². The van der Waals surface area contributed by atoms with E-state index in [0.29, 0.717) is 5.56 Å². The third-order valence-corrected chi connectivity index (χ3v) is 2.80. The Bertz CT molecular complexity index is 769. The van der Waals surface area contributed by atoms with Gasteiger partial charge in [0.25, 0.3) is 0 Å². The van der Waals surface area contributed by atoms with Gasteiger partial charge in [0, 0.05) is 11.3 Å². The predicted molar refractivity (Wildman–Crippen MR) is 68.9 cm³/mol. The van der Waals surface area contributed by atoms with Crippen molar-refractivity contribution in [2.75, 3.05) is 5.73 Å². The molecular formula is C13H9F2N5. The van der Waals surface area contributed by atoms with E-state index in [4.69, 9.17) is 5.73 Å². The molecule has 100 valence electrons. The fourth-order valence-electron chi connectivity index (χ4n) is 1.88. The predicted octanol–water partition coefficient (Wildman–Crippen LogP) is 2.19. The maximum absolute atomic E-state index is 13.8. The van der Waals surface area contributed by atoms with E-state index in [1.54, 1.807) is 12.1 Å². The third-order valence-electron chi connectivity index (χ3n) is 2.80. The molecule has 0 radical (unpaired) electrons. The zero-order chi connectivity index (χ0) is 14.1. The fraction of sp³-hybridized carbons (Fsp3) is 0. The van der Waals surface area contributed by atoms with Crippen LogP contribution in [0.2, 0.25) is 0 Å². The van der Waals surface area contributed by atoms with Crippen LogP contribution in [0.5, 0.6) is 0 Å². The molecule has 7 heteroatoms. The molecule has 0 spiro atoms. The molecule has 2 N–H and O–H groups in total. The summed E-state index contributed by atoms with van der Waals surface area (Å²) < 4.78 is 28.1. The van der Waals surface area contributed by atoms with Crippen LogP contribution in [0.4, 0.5) is 14.5 Å². The first kappa shape index (κ1) is 12.2. The van der Waals surface area contributed by atoms with Gasteiger partial charge < -0.3 is 5.73 Å². The topological polar surface area (TPSA) is 69.6 Å². The molecule has 0 atom stereocenters. The molecule has 0 amide bonds. The zero-order valence-electron chi connectivity index (χ0n) is 10.2. The van der Waals surface area contributed by atoms with Gasteiger partial charge in [-0.3, -0.25) is 0 Å². The lowest BCUT2D eigenvalue weighted by atomic mass is 10.1. The van der Waals surface area contributed by atoms with Gasteiger partial charge in [-0.2, -0.15) is 4.68 Å². The summed E-state index contributed by atoms with van der Waals surface area (Å²) in [7, 11) is 0. The fourth-order valence-corrected chi connectivity index (χ4v) is 1.88. The number of halogens is 2. The number of benzene rings is 2. The maximum atomic E-state index is 13.8. The van der Waals surface area contributed by atoms with Crippen molar-refractivity contribution >= 4 is 5.69 Å². The highest BCUT2D eigenvalue weighted by atomic mass is 19.1. The van der Waals surface area contributed by atoms with Crippen molar-refractivity contribution in [2.24, 2.45) is 0 Å². The lowest BCUT2D eigenvalue weighted by molar-refractivity contribution is 0.607. The van der Waals surface area contributed by atoms with Crippen LogP contribution in [0, 0.1) is 11.6 Å². The normalized spacial score (nSPS) is 10.7. The van der Waals surface area contributed by atoms with Crippen LogP contribution in [0.3, 0.4) is 0 Å².